The van der Waals surface area contributed by atoms with Gasteiger partial charge in [-0.2, -0.15) is 0 Å². The number of hydrogen-bond donors (Lipinski definition) is 3. The van der Waals surface area contributed by atoms with Gasteiger partial charge in [-0.05, 0) is 30.7 Å². The molecule has 0 radical (unpaired) electrons. The number of aliphatic imine (C=N–C) groups is 1. The summed E-state index contributed by atoms with van der Waals surface area (Å²) < 4.78 is 0. The minimum absolute atomic E-state index is 0.252. The van der Waals surface area contributed by atoms with E-state index in [9.17, 15) is 4.79 Å². The van der Waals surface area contributed by atoms with Crippen LogP contribution in [0.1, 0.15) is 15.9 Å². The van der Waals surface area contributed by atoms with E-state index in [4.69, 9.17) is 10.9 Å². The molecule has 4 N–H and O–H groups in total. The van der Waals surface area contributed by atoms with Crippen LogP contribution < -0.4 is 11.3 Å². The summed E-state index contributed by atoms with van der Waals surface area (Å²) in [6, 6.07) is 4.69. The van der Waals surface area contributed by atoms with Crippen molar-refractivity contribution in [2.75, 3.05) is 0 Å². The predicted molar refractivity (Wildman–Crippen MR) is 53.6 cm³/mol. The second kappa shape index (κ2) is 4.38. The first-order valence-electron chi connectivity index (χ1n) is 3.97. The lowest BCUT2D eigenvalue weighted by Crippen LogP contribution is -2.18. The van der Waals surface area contributed by atoms with Crippen molar-refractivity contribution in [3.8, 4) is 0 Å². The van der Waals surface area contributed by atoms with Gasteiger partial charge in [-0.1, -0.05) is 0 Å². The summed E-state index contributed by atoms with van der Waals surface area (Å²) >= 11 is 0. The quantitative estimate of drug-likeness (QED) is 0.287. The molecular formula is C9H11N3O2. The van der Waals surface area contributed by atoms with Crippen LogP contribution in [0.5, 0.6) is 0 Å². The van der Waals surface area contributed by atoms with Crippen molar-refractivity contribution < 1.29 is 9.90 Å². The molecule has 0 heterocycles. The van der Waals surface area contributed by atoms with E-state index in [1.54, 1.807) is 19.1 Å². The molecule has 0 fully saturated rings. The highest BCUT2D eigenvalue weighted by atomic mass is 16.4. The Kier molecular flexibility index (Phi) is 3.19. The monoisotopic (exact) mass is 193 g/mol. The fourth-order valence-electron chi connectivity index (χ4n) is 1.04. The second-order valence-corrected chi connectivity index (χ2v) is 2.73. The summed E-state index contributed by atoms with van der Waals surface area (Å²) in [6.07, 6.45) is 1.34. The zero-order valence-electron chi connectivity index (χ0n) is 7.69. The van der Waals surface area contributed by atoms with Gasteiger partial charge in [-0.3, -0.25) is 0 Å². The lowest BCUT2D eigenvalue weighted by molar-refractivity contribution is 0.0697. The van der Waals surface area contributed by atoms with Crippen molar-refractivity contribution in [2.45, 2.75) is 6.92 Å². The molecule has 0 aliphatic carbocycles. The Morgan fingerprint density at radius 2 is 2.36 bits per heavy atom. The van der Waals surface area contributed by atoms with Crippen LogP contribution in [-0.2, 0) is 0 Å². The maximum absolute atomic E-state index is 10.6. The van der Waals surface area contributed by atoms with Crippen molar-refractivity contribution in [3.05, 3.63) is 29.3 Å². The number of carboxylic acids is 1. The van der Waals surface area contributed by atoms with Crippen molar-refractivity contribution in [1.82, 2.24) is 5.43 Å². The van der Waals surface area contributed by atoms with Crippen LogP contribution >= 0.6 is 0 Å². The van der Waals surface area contributed by atoms with Gasteiger partial charge in [0.05, 0.1) is 11.3 Å². The van der Waals surface area contributed by atoms with Crippen molar-refractivity contribution in [3.63, 3.8) is 0 Å². The molecule has 0 bridgehead atoms. The van der Waals surface area contributed by atoms with Gasteiger partial charge in [0.15, 0.2) is 0 Å². The number of nitrogens with zero attached hydrogens (tertiary/aromatic N) is 1. The highest BCUT2D eigenvalue weighted by Gasteiger charge is 2.04. The number of aryl methyl sites for hydroxylation is 1. The number of hydrazine groups is 1. The molecule has 74 valence electrons. The maximum atomic E-state index is 10.6. The minimum Gasteiger partial charge on any atom is -0.478 e. The Hall–Kier alpha value is -1.88. The zero-order chi connectivity index (χ0) is 10.6. The normalized spacial score (nSPS) is 10.4. The van der Waals surface area contributed by atoms with E-state index >= 15 is 0 Å². The van der Waals surface area contributed by atoms with Gasteiger partial charge in [0.1, 0.15) is 6.34 Å². The number of rotatable bonds is 3. The fraction of sp³-hybridized carbons (Fsp3) is 0.111. The number of hydrogen-bond acceptors (Lipinski definition) is 3. The summed E-state index contributed by atoms with van der Waals surface area (Å²) in [7, 11) is 0. The number of aromatic carboxylic acids is 1. The predicted octanol–water partition coefficient (Wildman–Crippen LogP) is 0.816. The zero-order valence-corrected chi connectivity index (χ0v) is 7.69. The summed E-state index contributed by atoms with van der Waals surface area (Å²) in [6.45, 7) is 1.79. The number of carboxylic acid groups (broad SMARTS) is 1. The summed E-state index contributed by atoms with van der Waals surface area (Å²) in [4.78, 5) is 14.6. The van der Waals surface area contributed by atoms with Gasteiger partial charge < -0.3 is 10.5 Å². The van der Waals surface area contributed by atoms with E-state index in [0.717, 1.165) is 5.56 Å². The SMILES string of the molecule is Cc1cc(C(=O)O)ccc1N=CNN. The molecule has 1 aromatic carbocycles. The lowest BCUT2D eigenvalue weighted by Gasteiger charge is -2.01. The molecule has 5 nitrogen and oxygen atoms in total. The molecule has 1 aromatic rings. The van der Waals surface area contributed by atoms with Crippen LogP contribution in [0.25, 0.3) is 0 Å². The Bertz CT molecular complexity index is 374. The third-order valence-corrected chi connectivity index (χ3v) is 1.72. The summed E-state index contributed by atoms with van der Waals surface area (Å²) in [5.41, 5.74) is 4.00. The van der Waals surface area contributed by atoms with Gasteiger partial charge >= 0.3 is 5.97 Å². The molecule has 0 aromatic heterocycles. The molecule has 0 amide bonds. The lowest BCUT2D eigenvalue weighted by atomic mass is 10.1. The Morgan fingerprint density at radius 3 is 2.86 bits per heavy atom. The van der Waals surface area contributed by atoms with Crippen LogP contribution in [0.2, 0.25) is 0 Å². The Morgan fingerprint density at radius 1 is 1.64 bits per heavy atom. The number of nitrogens with one attached hydrogen (secondary N) is 1. The summed E-state index contributed by atoms with van der Waals surface area (Å²) in [5, 5.41) is 8.71. The van der Waals surface area contributed by atoms with Gasteiger partial charge in [0.25, 0.3) is 0 Å². The topological polar surface area (TPSA) is 87.7 Å². The number of carbonyl (C=O) groups is 1. The van der Waals surface area contributed by atoms with Gasteiger partial charge in [-0.25, -0.2) is 15.6 Å². The fourth-order valence-corrected chi connectivity index (χ4v) is 1.04. The van der Waals surface area contributed by atoms with Crippen LogP contribution in [0.3, 0.4) is 0 Å². The first-order valence-corrected chi connectivity index (χ1v) is 3.97. The number of nitrogens with two attached hydrogens (primary N) is 1. The molecule has 0 saturated heterocycles. The van der Waals surface area contributed by atoms with E-state index in [1.807, 2.05) is 0 Å². The van der Waals surface area contributed by atoms with Gasteiger partial charge in [0.2, 0.25) is 0 Å². The van der Waals surface area contributed by atoms with E-state index in [2.05, 4.69) is 10.4 Å². The summed E-state index contributed by atoms with van der Waals surface area (Å²) in [5.74, 6) is 4.07. The standard InChI is InChI=1S/C9H11N3O2/c1-6-4-7(9(13)14)2-3-8(6)11-5-12-10/h2-5H,10H2,1H3,(H,11,12)(H,13,14). The molecule has 0 unspecified atom stereocenters. The number of benzene rings is 1. The van der Waals surface area contributed by atoms with Crippen molar-refractivity contribution in [1.29, 1.82) is 0 Å². The largest absolute Gasteiger partial charge is 0.478 e. The van der Waals surface area contributed by atoms with E-state index in [-0.39, 0.29) is 5.56 Å². The molecule has 0 saturated carbocycles. The molecule has 0 spiro atoms. The van der Waals surface area contributed by atoms with E-state index < -0.39 is 5.97 Å². The average Bonchev–Trinajstić information content (AvgIpc) is 2.15. The first-order chi connectivity index (χ1) is 6.65. The molecule has 1 rings (SSSR count). The van der Waals surface area contributed by atoms with Crippen LogP contribution in [0.15, 0.2) is 23.2 Å². The van der Waals surface area contributed by atoms with Crippen LogP contribution in [0, 0.1) is 6.92 Å². The smallest absolute Gasteiger partial charge is 0.335 e. The van der Waals surface area contributed by atoms with Gasteiger partial charge in [0, 0.05) is 0 Å². The first kappa shape index (κ1) is 10.2. The highest BCUT2D eigenvalue weighted by Crippen LogP contribution is 2.18. The van der Waals surface area contributed by atoms with Crippen LogP contribution in [0.4, 0.5) is 5.69 Å². The average molecular weight is 193 g/mol. The molecule has 0 atom stereocenters. The third-order valence-electron chi connectivity index (χ3n) is 1.72. The second-order valence-electron chi connectivity index (χ2n) is 2.73. The minimum atomic E-state index is -0.944. The van der Waals surface area contributed by atoms with Crippen molar-refractivity contribution in [2.24, 2.45) is 10.8 Å². The Labute approximate surface area is 81.2 Å². The van der Waals surface area contributed by atoms with E-state index in [0.29, 0.717) is 5.69 Å². The van der Waals surface area contributed by atoms with Crippen molar-refractivity contribution >= 4 is 18.0 Å². The molecular weight excluding hydrogens is 182 g/mol. The van der Waals surface area contributed by atoms with Gasteiger partial charge in [-0.15, -0.1) is 0 Å². The maximum Gasteiger partial charge on any atom is 0.335 e. The molecule has 14 heavy (non-hydrogen) atoms. The Balaban J connectivity index is 3.01. The molecule has 0 aliphatic heterocycles. The molecule has 5 heteroatoms. The highest BCUT2D eigenvalue weighted by molar-refractivity contribution is 5.88. The molecule has 0 aliphatic rings. The third kappa shape index (κ3) is 2.30. The van der Waals surface area contributed by atoms with E-state index in [1.165, 1.54) is 12.4 Å². The van der Waals surface area contributed by atoms with Crippen LogP contribution in [-0.4, -0.2) is 17.4 Å².